The van der Waals surface area contributed by atoms with Crippen LogP contribution >= 0.6 is 11.6 Å². The lowest BCUT2D eigenvalue weighted by molar-refractivity contribution is 0.0218. The summed E-state index contributed by atoms with van der Waals surface area (Å²) in [7, 11) is 0. The van der Waals surface area contributed by atoms with Crippen molar-refractivity contribution in [1.29, 1.82) is 0 Å². The van der Waals surface area contributed by atoms with Crippen LogP contribution in [0.1, 0.15) is 38.1 Å². The van der Waals surface area contributed by atoms with Crippen molar-refractivity contribution in [2.45, 2.75) is 39.3 Å². The molecule has 4 heterocycles. The molecule has 0 spiro atoms. The van der Waals surface area contributed by atoms with Gasteiger partial charge in [-0.05, 0) is 33.8 Å². The molecule has 1 fully saturated rings. The Hall–Kier alpha value is -3.40. The minimum Gasteiger partial charge on any atom is -0.478 e. The molecule has 174 valence electrons. The Morgan fingerprint density at radius 3 is 2.61 bits per heavy atom. The summed E-state index contributed by atoms with van der Waals surface area (Å²) in [6, 6.07) is 3.15. The third-order valence-electron chi connectivity index (χ3n) is 5.30. The number of amides is 1. The number of rotatable bonds is 3. The summed E-state index contributed by atoms with van der Waals surface area (Å²) in [5.41, 5.74) is -0.109. The SMILES string of the molecule is C[C@H]1CN(C(=O)OC(C)(C)C)CCN1c1ncnc2c1c(C(=O)O)cn2-c1cc(Cl)ccn1. The molecule has 1 aliphatic rings. The number of pyridine rings is 1. The summed E-state index contributed by atoms with van der Waals surface area (Å²) in [4.78, 5) is 41.4. The number of hydrogen-bond donors (Lipinski definition) is 1. The van der Waals surface area contributed by atoms with Crippen LogP contribution in [0.5, 0.6) is 0 Å². The Morgan fingerprint density at radius 1 is 1.21 bits per heavy atom. The Morgan fingerprint density at radius 2 is 1.97 bits per heavy atom. The van der Waals surface area contributed by atoms with Gasteiger partial charge in [0.15, 0.2) is 5.65 Å². The maximum atomic E-state index is 12.5. The third-order valence-corrected chi connectivity index (χ3v) is 5.53. The quantitative estimate of drug-likeness (QED) is 0.614. The number of carbonyl (C=O) groups excluding carboxylic acids is 1. The van der Waals surface area contributed by atoms with Crippen molar-refractivity contribution in [3.63, 3.8) is 0 Å². The van der Waals surface area contributed by atoms with Gasteiger partial charge in [-0.2, -0.15) is 0 Å². The van der Waals surface area contributed by atoms with Gasteiger partial charge in [0, 0.05) is 49.2 Å². The van der Waals surface area contributed by atoms with Crippen LogP contribution in [0.3, 0.4) is 0 Å². The van der Waals surface area contributed by atoms with Gasteiger partial charge in [-0.3, -0.25) is 4.57 Å². The van der Waals surface area contributed by atoms with Gasteiger partial charge in [-0.15, -0.1) is 0 Å². The highest BCUT2D eigenvalue weighted by molar-refractivity contribution is 6.30. The van der Waals surface area contributed by atoms with Crippen LogP contribution in [0, 0.1) is 0 Å². The lowest BCUT2D eigenvalue weighted by atomic mass is 10.1. The van der Waals surface area contributed by atoms with E-state index < -0.39 is 11.6 Å². The fourth-order valence-electron chi connectivity index (χ4n) is 3.89. The van der Waals surface area contributed by atoms with Gasteiger partial charge in [0.2, 0.25) is 0 Å². The zero-order chi connectivity index (χ0) is 23.9. The van der Waals surface area contributed by atoms with Gasteiger partial charge in [0.25, 0.3) is 0 Å². The highest BCUT2D eigenvalue weighted by Crippen LogP contribution is 2.32. The maximum Gasteiger partial charge on any atom is 0.410 e. The number of nitrogens with zero attached hydrogens (tertiary/aromatic N) is 6. The number of carbonyl (C=O) groups is 2. The molecule has 4 rings (SSSR count). The van der Waals surface area contributed by atoms with Gasteiger partial charge >= 0.3 is 12.1 Å². The van der Waals surface area contributed by atoms with E-state index in [0.29, 0.717) is 47.3 Å². The molecule has 1 N–H and O–H groups in total. The van der Waals surface area contributed by atoms with E-state index in [1.54, 1.807) is 27.8 Å². The van der Waals surface area contributed by atoms with Gasteiger partial charge in [0.05, 0.1) is 10.9 Å². The van der Waals surface area contributed by atoms with Crippen molar-refractivity contribution >= 4 is 40.5 Å². The number of fused-ring (bicyclic) bond motifs is 1. The largest absolute Gasteiger partial charge is 0.478 e. The topological polar surface area (TPSA) is 114 Å². The first-order chi connectivity index (χ1) is 15.5. The van der Waals surface area contributed by atoms with Crippen LogP contribution in [0.25, 0.3) is 16.9 Å². The average Bonchev–Trinajstić information content (AvgIpc) is 3.13. The first-order valence-corrected chi connectivity index (χ1v) is 10.9. The van der Waals surface area contributed by atoms with E-state index in [2.05, 4.69) is 15.0 Å². The van der Waals surface area contributed by atoms with E-state index in [4.69, 9.17) is 16.3 Å². The summed E-state index contributed by atoms with van der Waals surface area (Å²) in [6.45, 7) is 8.74. The number of piperazine rings is 1. The fraction of sp³-hybridized carbons (Fsp3) is 0.409. The number of carboxylic acids is 1. The van der Waals surface area contributed by atoms with Crippen molar-refractivity contribution in [3.05, 3.63) is 41.4 Å². The van der Waals surface area contributed by atoms with Crippen LogP contribution < -0.4 is 4.90 Å². The molecule has 0 unspecified atom stereocenters. The highest BCUT2D eigenvalue weighted by Gasteiger charge is 2.33. The Labute approximate surface area is 195 Å². The van der Waals surface area contributed by atoms with E-state index in [1.807, 2.05) is 32.6 Å². The summed E-state index contributed by atoms with van der Waals surface area (Å²) >= 11 is 6.11. The minimum absolute atomic E-state index is 0.0594. The second-order valence-electron chi connectivity index (χ2n) is 8.91. The molecule has 0 aliphatic carbocycles. The molecule has 1 saturated heterocycles. The standard InChI is InChI=1S/C22H25ClN6O4/c1-13-10-27(21(32)33-22(2,3)4)7-8-28(13)18-17-15(20(30)31)11-29(19(17)26-12-25-18)16-9-14(23)5-6-24-16/h5-6,9,11-13H,7-8,10H2,1-4H3,(H,30,31)/t13-/m0/s1. The zero-order valence-corrected chi connectivity index (χ0v) is 19.6. The fourth-order valence-corrected chi connectivity index (χ4v) is 4.04. The van der Waals surface area contributed by atoms with E-state index in [9.17, 15) is 14.7 Å². The predicted octanol–water partition coefficient (Wildman–Crippen LogP) is 3.61. The molecule has 10 nitrogen and oxygen atoms in total. The molecule has 1 amide bonds. The number of ether oxygens (including phenoxy) is 1. The van der Waals surface area contributed by atoms with Crippen molar-refractivity contribution < 1.29 is 19.4 Å². The number of hydrogen-bond acceptors (Lipinski definition) is 7. The van der Waals surface area contributed by atoms with Crippen LogP contribution in [0.15, 0.2) is 30.9 Å². The monoisotopic (exact) mass is 472 g/mol. The van der Waals surface area contributed by atoms with Crippen molar-refractivity contribution in [2.24, 2.45) is 0 Å². The molecule has 1 atom stereocenters. The van der Waals surface area contributed by atoms with Gasteiger partial charge < -0.3 is 19.6 Å². The van der Waals surface area contributed by atoms with E-state index in [1.165, 1.54) is 12.5 Å². The normalized spacial score (nSPS) is 16.8. The smallest absolute Gasteiger partial charge is 0.410 e. The Balaban J connectivity index is 1.72. The highest BCUT2D eigenvalue weighted by atomic mass is 35.5. The van der Waals surface area contributed by atoms with Crippen LogP contribution in [-0.2, 0) is 4.74 Å². The van der Waals surface area contributed by atoms with E-state index in [0.717, 1.165) is 0 Å². The molecule has 1 aliphatic heterocycles. The summed E-state index contributed by atoms with van der Waals surface area (Å²) in [5.74, 6) is -0.154. The average molecular weight is 473 g/mol. The number of halogens is 1. The molecule has 0 aromatic carbocycles. The molecule has 0 bridgehead atoms. The second-order valence-corrected chi connectivity index (χ2v) is 9.35. The van der Waals surface area contributed by atoms with E-state index >= 15 is 0 Å². The zero-order valence-electron chi connectivity index (χ0n) is 18.8. The predicted molar refractivity (Wildman–Crippen MR) is 123 cm³/mol. The van der Waals surface area contributed by atoms with E-state index in [-0.39, 0.29) is 17.7 Å². The Bertz CT molecular complexity index is 1220. The van der Waals surface area contributed by atoms with Gasteiger partial charge in [-0.1, -0.05) is 11.6 Å². The first-order valence-electron chi connectivity index (χ1n) is 10.5. The lowest BCUT2D eigenvalue weighted by Crippen LogP contribution is -2.54. The van der Waals surface area contributed by atoms with Crippen molar-refractivity contribution in [3.8, 4) is 5.82 Å². The van der Waals surface area contributed by atoms with Crippen LogP contribution in [0.4, 0.5) is 10.6 Å². The number of aromatic carboxylic acids is 1. The second kappa shape index (κ2) is 8.51. The molecule has 33 heavy (non-hydrogen) atoms. The number of aromatic nitrogens is 4. The molecule has 0 radical (unpaired) electrons. The number of anilines is 1. The first kappa shape index (κ1) is 22.8. The minimum atomic E-state index is -1.10. The molecule has 0 saturated carbocycles. The van der Waals surface area contributed by atoms with Gasteiger partial charge in [-0.25, -0.2) is 24.5 Å². The summed E-state index contributed by atoms with van der Waals surface area (Å²) < 4.78 is 7.09. The molecule has 3 aromatic rings. The van der Waals surface area contributed by atoms with Crippen LogP contribution in [0.2, 0.25) is 5.02 Å². The molecule has 3 aromatic heterocycles. The molecule has 11 heteroatoms. The summed E-state index contributed by atoms with van der Waals surface area (Å²) in [6.07, 6.45) is 4.05. The van der Waals surface area contributed by atoms with Crippen molar-refractivity contribution in [2.75, 3.05) is 24.5 Å². The van der Waals surface area contributed by atoms with Crippen molar-refractivity contribution in [1.82, 2.24) is 24.4 Å². The van der Waals surface area contributed by atoms with Crippen LogP contribution in [-0.4, -0.2) is 72.9 Å². The number of carboxylic acid groups (broad SMARTS) is 1. The summed E-state index contributed by atoms with van der Waals surface area (Å²) in [5, 5.41) is 10.8. The molecular weight excluding hydrogens is 448 g/mol. The Kier molecular flexibility index (Phi) is 5.87. The third kappa shape index (κ3) is 4.56. The van der Waals surface area contributed by atoms with Gasteiger partial charge in [0.1, 0.15) is 23.6 Å². The molecular formula is C22H25ClN6O4. The lowest BCUT2D eigenvalue weighted by Gasteiger charge is -2.41. The maximum absolute atomic E-state index is 12.5.